The van der Waals surface area contributed by atoms with Crippen molar-refractivity contribution in [3.8, 4) is 5.75 Å². The van der Waals surface area contributed by atoms with Crippen LogP contribution in [0.1, 0.15) is 23.7 Å². The quantitative estimate of drug-likeness (QED) is 0.499. The number of Topliss-reactive ketones (excluding diaryl/α,β-unsaturated/α-hetero) is 1. The second-order valence-corrected chi connectivity index (χ2v) is 2.80. The van der Waals surface area contributed by atoms with E-state index in [4.69, 9.17) is 0 Å². The highest BCUT2D eigenvalue weighted by molar-refractivity contribution is 6.32. The number of ketones is 1. The summed E-state index contributed by atoms with van der Waals surface area (Å²) in [5, 5.41) is 9.37. The van der Waals surface area contributed by atoms with Crippen LogP contribution in [0.4, 0.5) is 0 Å². The fourth-order valence-corrected chi connectivity index (χ4v) is 1.07. The summed E-state index contributed by atoms with van der Waals surface area (Å²) < 4.78 is 0. The number of hydrogen-bond acceptors (Lipinski definition) is 2. The zero-order chi connectivity index (χ0) is 9.14. The average Bonchev–Trinajstić information content (AvgIpc) is 2.03. The first-order chi connectivity index (χ1) is 5.65. The molecule has 0 atom stereocenters. The van der Waals surface area contributed by atoms with Crippen molar-refractivity contribution >= 4 is 19.1 Å². The van der Waals surface area contributed by atoms with Crippen molar-refractivity contribution < 1.29 is 9.90 Å². The number of phenolic OH excluding ortho intramolecular Hbond substituents is 1. The Morgan fingerprint density at radius 3 is 2.75 bits per heavy atom. The van der Waals surface area contributed by atoms with Crippen molar-refractivity contribution in [3.63, 3.8) is 0 Å². The molecule has 3 heteroatoms. The lowest BCUT2D eigenvalue weighted by Gasteiger charge is -2.02. The molecule has 1 aromatic carbocycles. The van der Waals surface area contributed by atoms with E-state index in [1.807, 2.05) is 13.9 Å². The van der Waals surface area contributed by atoms with E-state index in [0.717, 1.165) is 5.46 Å². The van der Waals surface area contributed by atoms with Gasteiger partial charge in [0.05, 0.1) is 5.56 Å². The summed E-state index contributed by atoms with van der Waals surface area (Å²) in [5.41, 5.74) is 1.38. The van der Waals surface area contributed by atoms with E-state index in [2.05, 4.69) is 0 Å². The van der Waals surface area contributed by atoms with Gasteiger partial charge in [-0.3, -0.25) is 4.79 Å². The number of hydrogen-bond donors (Lipinski definition) is 1. The Labute approximate surface area is 72.6 Å². The van der Waals surface area contributed by atoms with Gasteiger partial charge in [-0.15, -0.1) is 0 Å². The molecular weight excluding hydrogens is 151 g/mol. The summed E-state index contributed by atoms with van der Waals surface area (Å²) in [6.45, 7) is 1.78. The minimum absolute atomic E-state index is 0.0208. The van der Waals surface area contributed by atoms with Crippen LogP contribution in [-0.4, -0.2) is 18.7 Å². The molecular formula is C9H11BO2. The van der Waals surface area contributed by atoms with Crippen LogP contribution in [0.3, 0.4) is 0 Å². The van der Waals surface area contributed by atoms with Gasteiger partial charge in [-0.2, -0.15) is 0 Å². The lowest BCUT2D eigenvalue weighted by Crippen LogP contribution is -2.04. The molecule has 0 saturated heterocycles. The van der Waals surface area contributed by atoms with Crippen LogP contribution in [0.15, 0.2) is 18.2 Å². The Hall–Kier alpha value is -1.25. The zero-order valence-corrected chi connectivity index (χ0v) is 7.29. The summed E-state index contributed by atoms with van der Waals surface area (Å²) in [5.74, 6) is 0.0642. The Morgan fingerprint density at radius 2 is 2.25 bits per heavy atom. The number of carbonyl (C=O) groups is 1. The van der Waals surface area contributed by atoms with Gasteiger partial charge in [0.2, 0.25) is 0 Å². The molecule has 62 valence electrons. The third-order valence-corrected chi connectivity index (χ3v) is 1.77. The fraction of sp³-hybridized carbons (Fsp3) is 0.222. The molecule has 2 nitrogen and oxygen atoms in total. The van der Waals surface area contributed by atoms with E-state index in [1.54, 1.807) is 19.1 Å². The van der Waals surface area contributed by atoms with Gasteiger partial charge in [0.15, 0.2) is 5.78 Å². The van der Waals surface area contributed by atoms with Crippen molar-refractivity contribution in [2.24, 2.45) is 0 Å². The van der Waals surface area contributed by atoms with E-state index in [-0.39, 0.29) is 11.5 Å². The van der Waals surface area contributed by atoms with Crippen LogP contribution in [0.25, 0.3) is 0 Å². The highest BCUT2D eigenvalue weighted by atomic mass is 16.3. The molecule has 0 aliphatic carbocycles. The summed E-state index contributed by atoms with van der Waals surface area (Å²) in [4.78, 5) is 11.2. The van der Waals surface area contributed by atoms with Crippen molar-refractivity contribution in [2.45, 2.75) is 13.3 Å². The second kappa shape index (κ2) is 3.43. The summed E-state index contributed by atoms with van der Waals surface area (Å²) in [6, 6.07) is 5.09. The van der Waals surface area contributed by atoms with Crippen LogP contribution in [-0.2, 0) is 0 Å². The van der Waals surface area contributed by atoms with Gasteiger partial charge in [0.1, 0.15) is 13.6 Å². The lowest BCUT2D eigenvalue weighted by atomic mass is 9.93. The van der Waals surface area contributed by atoms with Gasteiger partial charge < -0.3 is 5.11 Å². The molecule has 0 spiro atoms. The van der Waals surface area contributed by atoms with E-state index < -0.39 is 0 Å². The van der Waals surface area contributed by atoms with E-state index >= 15 is 0 Å². The predicted molar refractivity (Wildman–Crippen MR) is 50.9 cm³/mol. The molecule has 0 aliphatic heterocycles. The molecule has 0 saturated carbocycles. The van der Waals surface area contributed by atoms with E-state index in [9.17, 15) is 9.90 Å². The first kappa shape index (κ1) is 8.85. The number of aromatic hydroxyl groups is 1. The Balaban J connectivity index is 3.09. The maximum atomic E-state index is 11.2. The van der Waals surface area contributed by atoms with Crippen LogP contribution in [0.5, 0.6) is 5.75 Å². The molecule has 0 aromatic heterocycles. The summed E-state index contributed by atoms with van der Waals surface area (Å²) >= 11 is 0. The monoisotopic (exact) mass is 162 g/mol. The Morgan fingerprint density at radius 1 is 1.58 bits per heavy atom. The van der Waals surface area contributed by atoms with Crippen LogP contribution in [0.2, 0.25) is 0 Å². The van der Waals surface area contributed by atoms with Gasteiger partial charge in [0.25, 0.3) is 0 Å². The van der Waals surface area contributed by atoms with Crippen molar-refractivity contribution in [1.82, 2.24) is 0 Å². The third kappa shape index (κ3) is 1.67. The molecule has 12 heavy (non-hydrogen) atoms. The smallest absolute Gasteiger partial charge is 0.166 e. The van der Waals surface area contributed by atoms with Crippen LogP contribution in [0, 0.1) is 0 Å². The Bertz CT molecular complexity index is 307. The largest absolute Gasteiger partial charge is 0.507 e. The first-order valence-corrected chi connectivity index (χ1v) is 3.98. The first-order valence-electron chi connectivity index (χ1n) is 3.98. The van der Waals surface area contributed by atoms with Crippen molar-refractivity contribution in [2.75, 3.05) is 0 Å². The lowest BCUT2D eigenvalue weighted by molar-refractivity contribution is 0.0985. The summed E-state index contributed by atoms with van der Waals surface area (Å²) in [6.07, 6.45) is 0.427. The number of rotatable bonds is 2. The molecule has 1 aromatic rings. The molecule has 0 amide bonds. The topological polar surface area (TPSA) is 37.3 Å². The zero-order valence-electron chi connectivity index (χ0n) is 7.29. The van der Waals surface area contributed by atoms with Gasteiger partial charge in [-0.25, -0.2) is 0 Å². The van der Waals surface area contributed by atoms with Crippen LogP contribution < -0.4 is 5.46 Å². The molecule has 0 unspecified atom stereocenters. The molecule has 1 rings (SSSR count). The van der Waals surface area contributed by atoms with Crippen LogP contribution >= 0.6 is 0 Å². The Kier molecular flexibility index (Phi) is 2.53. The predicted octanol–water partition coefficient (Wildman–Crippen LogP) is 0.243. The highest BCUT2D eigenvalue weighted by Crippen LogP contribution is 2.15. The highest BCUT2D eigenvalue weighted by Gasteiger charge is 2.07. The second-order valence-electron chi connectivity index (χ2n) is 2.80. The normalized spacial score (nSPS) is 9.75. The van der Waals surface area contributed by atoms with Gasteiger partial charge >= 0.3 is 0 Å². The molecule has 0 heterocycles. The number of benzene rings is 1. The maximum absolute atomic E-state index is 11.2. The molecule has 0 aliphatic rings. The SMILES string of the molecule is Bc1ccc(C(=O)CC)c(O)c1. The number of phenols is 1. The average molecular weight is 162 g/mol. The molecule has 0 bridgehead atoms. The molecule has 0 radical (unpaired) electrons. The van der Waals surface area contributed by atoms with E-state index in [1.165, 1.54) is 0 Å². The van der Waals surface area contributed by atoms with Crippen molar-refractivity contribution in [3.05, 3.63) is 23.8 Å². The minimum Gasteiger partial charge on any atom is -0.507 e. The van der Waals surface area contributed by atoms with Gasteiger partial charge in [-0.1, -0.05) is 18.5 Å². The third-order valence-electron chi connectivity index (χ3n) is 1.77. The minimum atomic E-state index is -0.0208. The fourth-order valence-electron chi connectivity index (χ4n) is 1.07. The molecule has 0 fully saturated rings. The summed E-state index contributed by atoms with van der Waals surface area (Å²) in [7, 11) is 1.87. The van der Waals surface area contributed by atoms with Crippen molar-refractivity contribution in [1.29, 1.82) is 0 Å². The maximum Gasteiger partial charge on any atom is 0.166 e. The van der Waals surface area contributed by atoms with Gasteiger partial charge in [-0.05, 0) is 12.1 Å². The van der Waals surface area contributed by atoms with E-state index in [0.29, 0.717) is 12.0 Å². The molecule has 1 N–H and O–H groups in total. The standard InChI is InChI=1S/C9H11BO2/c1-2-8(11)7-4-3-6(10)5-9(7)12/h3-5,12H,2,10H2,1H3. The number of carbonyl (C=O) groups excluding carboxylic acids is 1. The van der Waals surface area contributed by atoms with Gasteiger partial charge in [0, 0.05) is 6.42 Å².